The van der Waals surface area contributed by atoms with Gasteiger partial charge in [-0.05, 0) is 56.2 Å². The average molecular weight is 840 g/mol. The smallest absolute Gasteiger partial charge is 0.497 e. The molecule has 7 nitrogen and oxygen atoms in total. The van der Waals surface area contributed by atoms with Crippen molar-refractivity contribution in [1.29, 1.82) is 0 Å². The van der Waals surface area contributed by atoms with Gasteiger partial charge < -0.3 is 13.5 Å². The summed E-state index contributed by atoms with van der Waals surface area (Å²) in [5.41, 5.74) is 13.1. The summed E-state index contributed by atoms with van der Waals surface area (Å²) in [6.45, 7) is 6.45. The monoisotopic (exact) mass is 839 g/mol. The molecule has 0 aliphatic carbocycles. The second kappa shape index (κ2) is 11.9. The van der Waals surface area contributed by atoms with Crippen molar-refractivity contribution in [2.45, 2.75) is 20.8 Å². The number of hydrogen-bond acceptors (Lipinski definition) is 5. The number of hydrogen-bond donors (Lipinski definition) is 0. The molecular weight excluding hydrogens is 812 g/mol. The zero-order valence-corrected chi connectivity index (χ0v) is 30.1. The van der Waals surface area contributed by atoms with Crippen LogP contribution in [-0.4, -0.2) is 28.7 Å². The summed E-state index contributed by atoms with van der Waals surface area (Å²) >= 11 is 0. The standard InChI is InChI=1S/C43H28N6O.Pt/c1-25-19-26(2)39(27(3)20-25)38-23-46-42-33-21-29(13-15-31(33)41-37(49(38)42)12-8-18-45-41)50-30-14-16-32-34(22-30)43-47-35(28-9-5-4-6-10-28)24-48(43)36-11-7-17-44-40(32)36;/h4-20,23-24H,1-3H3;/q-2;+2. The molecule has 10 aromatic rings. The fraction of sp³-hybridized carbons (Fsp3) is 0.0698. The Morgan fingerprint density at radius 2 is 1.27 bits per heavy atom. The van der Waals surface area contributed by atoms with Crippen LogP contribution < -0.4 is 4.74 Å². The molecule has 10 rings (SSSR count). The molecule has 8 heteroatoms. The normalized spacial score (nSPS) is 11.7. The maximum atomic E-state index is 6.52. The molecule has 6 heterocycles. The Kier molecular flexibility index (Phi) is 7.23. The molecule has 0 bridgehead atoms. The molecule has 51 heavy (non-hydrogen) atoms. The fourth-order valence-corrected chi connectivity index (χ4v) is 7.54. The van der Waals surface area contributed by atoms with Gasteiger partial charge in [-0.1, -0.05) is 93.8 Å². The molecule has 0 saturated carbocycles. The van der Waals surface area contributed by atoms with Gasteiger partial charge in [0.05, 0.1) is 44.7 Å². The molecule has 0 atom stereocenters. The Hall–Kier alpha value is -5.91. The van der Waals surface area contributed by atoms with E-state index in [-0.39, 0.29) is 21.1 Å². The van der Waals surface area contributed by atoms with Gasteiger partial charge in [0.2, 0.25) is 0 Å². The van der Waals surface area contributed by atoms with Crippen molar-refractivity contribution in [3.8, 4) is 34.0 Å². The van der Waals surface area contributed by atoms with Gasteiger partial charge in [-0.15, -0.1) is 12.1 Å². The van der Waals surface area contributed by atoms with Crippen molar-refractivity contribution in [3.63, 3.8) is 0 Å². The van der Waals surface area contributed by atoms with Crippen molar-refractivity contribution in [3.05, 3.63) is 145 Å². The van der Waals surface area contributed by atoms with Gasteiger partial charge in [0.1, 0.15) is 0 Å². The molecule has 0 radical (unpaired) electrons. The first kappa shape index (κ1) is 31.1. The minimum absolute atomic E-state index is 0. The maximum absolute atomic E-state index is 6.52. The largest absolute Gasteiger partial charge is 2.00 e. The van der Waals surface area contributed by atoms with E-state index in [1.54, 1.807) is 0 Å². The molecular formula is C43H28N6OPt. The zero-order chi connectivity index (χ0) is 33.5. The fourth-order valence-electron chi connectivity index (χ4n) is 7.54. The molecule has 0 amide bonds. The number of rotatable bonds is 4. The average Bonchev–Trinajstić information content (AvgIpc) is 3.78. The number of fused-ring (bicyclic) bond motifs is 12. The van der Waals surface area contributed by atoms with Gasteiger partial charge in [0.25, 0.3) is 0 Å². The molecule has 246 valence electrons. The van der Waals surface area contributed by atoms with Crippen LogP contribution in [0.1, 0.15) is 16.7 Å². The maximum Gasteiger partial charge on any atom is 2.00 e. The predicted octanol–water partition coefficient (Wildman–Crippen LogP) is 10.0. The van der Waals surface area contributed by atoms with Crippen LogP contribution in [-0.2, 0) is 21.1 Å². The van der Waals surface area contributed by atoms with Gasteiger partial charge in [-0.3, -0.25) is 19.9 Å². The third-order valence-electron chi connectivity index (χ3n) is 9.56. The topological polar surface area (TPSA) is 69.6 Å². The Morgan fingerprint density at radius 1 is 0.647 bits per heavy atom. The third-order valence-corrected chi connectivity index (χ3v) is 9.56. The van der Waals surface area contributed by atoms with Crippen molar-refractivity contribution in [2.75, 3.05) is 0 Å². The van der Waals surface area contributed by atoms with Crippen LogP contribution >= 0.6 is 0 Å². The Bertz CT molecular complexity index is 2980. The minimum Gasteiger partial charge on any atom is -0.497 e. The predicted molar refractivity (Wildman–Crippen MR) is 199 cm³/mol. The molecule has 0 aliphatic rings. The van der Waals surface area contributed by atoms with E-state index in [2.05, 4.69) is 84.3 Å². The number of pyridine rings is 4. The Balaban J connectivity index is 0.00000348. The van der Waals surface area contributed by atoms with E-state index in [9.17, 15) is 0 Å². The number of imidazole rings is 2. The summed E-state index contributed by atoms with van der Waals surface area (Å²) in [7, 11) is 0. The van der Waals surface area contributed by atoms with Crippen LogP contribution in [0.4, 0.5) is 0 Å². The zero-order valence-electron chi connectivity index (χ0n) is 27.9. The third kappa shape index (κ3) is 4.84. The number of aryl methyl sites for hydroxylation is 3. The summed E-state index contributed by atoms with van der Waals surface area (Å²) in [5, 5.41) is 3.58. The molecule has 6 aromatic heterocycles. The van der Waals surface area contributed by atoms with Gasteiger partial charge in [0, 0.05) is 47.4 Å². The van der Waals surface area contributed by atoms with Crippen molar-refractivity contribution in [2.24, 2.45) is 0 Å². The second-order valence-electron chi connectivity index (χ2n) is 12.8. The van der Waals surface area contributed by atoms with Crippen LogP contribution in [0.2, 0.25) is 0 Å². The Labute approximate surface area is 307 Å². The first-order valence-corrected chi connectivity index (χ1v) is 16.6. The van der Waals surface area contributed by atoms with Crippen molar-refractivity contribution in [1.82, 2.24) is 28.7 Å². The van der Waals surface area contributed by atoms with Gasteiger partial charge >= 0.3 is 21.1 Å². The molecule has 0 aliphatic heterocycles. The van der Waals surface area contributed by atoms with Gasteiger partial charge in [0.15, 0.2) is 0 Å². The van der Waals surface area contributed by atoms with Gasteiger partial charge in [-0.2, -0.15) is 0 Å². The first-order valence-electron chi connectivity index (χ1n) is 16.6. The van der Waals surface area contributed by atoms with E-state index in [1.807, 2.05) is 73.2 Å². The quantitative estimate of drug-likeness (QED) is 0.130. The van der Waals surface area contributed by atoms with Crippen molar-refractivity contribution >= 4 is 54.9 Å². The molecule has 0 unspecified atom stereocenters. The van der Waals surface area contributed by atoms with E-state index in [4.69, 9.17) is 24.7 Å². The van der Waals surface area contributed by atoms with Crippen LogP contribution in [0, 0.1) is 32.9 Å². The molecule has 4 aromatic carbocycles. The number of ether oxygens (including phenoxy) is 1. The van der Waals surface area contributed by atoms with Crippen LogP contribution in [0.15, 0.2) is 116 Å². The molecule has 0 N–H and O–H groups in total. The molecule has 0 fully saturated rings. The van der Waals surface area contributed by atoms with E-state index in [1.165, 1.54) is 22.3 Å². The minimum atomic E-state index is 0. The van der Waals surface area contributed by atoms with Gasteiger partial charge in [-0.25, -0.2) is 0 Å². The van der Waals surface area contributed by atoms with E-state index >= 15 is 0 Å². The molecule has 0 saturated heterocycles. The second-order valence-corrected chi connectivity index (χ2v) is 12.8. The summed E-state index contributed by atoms with van der Waals surface area (Å²) in [6.07, 6.45) is 7.68. The summed E-state index contributed by atoms with van der Waals surface area (Å²) in [4.78, 5) is 19.6. The Morgan fingerprint density at radius 3 is 1.96 bits per heavy atom. The number of aromatic nitrogens is 6. The van der Waals surface area contributed by atoms with Crippen molar-refractivity contribution < 1.29 is 25.8 Å². The number of benzene rings is 4. The SMILES string of the molecule is Cc1cc(C)c(-c2cnc3c4[c-]c(Oc5[c-]c6c(cc5)c5ncccc5n5cc(-c7ccccc7)nc65)ccc4c4ncccc4n23)c(C)c1.[Pt+2]. The molecule has 0 spiro atoms. The van der Waals surface area contributed by atoms with E-state index in [0.29, 0.717) is 11.5 Å². The summed E-state index contributed by atoms with van der Waals surface area (Å²) < 4.78 is 10.8. The first-order chi connectivity index (χ1) is 24.5. The van der Waals surface area contributed by atoms with Crippen LogP contribution in [0.5, 0.6) is 11.5 Å². The van der Waals surface area contributed by atoms with Crippen LogP contribution in [0.25, 0.3) is 77.4 Å². The van der Waals surface area contributed by atoms with E-state index < -0.39 is 0 Å². The summed E-state index contributed by atoms with van der Waals surface area (Å²) in [5.74, 6) is 1.11. The summed E-state index contributed by atoms with van der Waals surface area (Å²) in [6, 6.07) is 37.8. The van der Waals surface area contributed by atoms with Crippen LogP contribution in [0.3, 0.4) is 0 Å². The number of nitrogens with zero attached hydrogens (tertiary/aromatic N) is 6. The van der Waals surface area contributed by atoms with E-state index in [0.717, 1.165) is 71.9 Å².